The smallest absolute Gasteiger partial charge is 0.326 e. The van der Waals surface area contributed by atoms with Crippen molar-refractivity contribution in [3.05, 3.63) is 43.0 Å². The molecular weight excluding hydrogens is 286 g/mol. The Morgan fingerprint density at radius 2 is 2.05 bits per heavy atom. The Labute approximate surface area is 129 Å². The van der Waals surface area contributed by atoms with Gasteiger partial charge < -0.3 is 10.4 Å². The average Bonchev–Trinajstić information content (AvgIpc) is 2.49. The first kappa shape index (κ1) is 17.3. The normalized spacial score (nSPS) is 13.2. The van der Waals surface area contributed by atoms with Crippen LogP contribution in [-0.4, -0.2) is 28.3 Å². The summed E-state index contributed by atoms with van der Waals surface area (Å²) in [6, 6.07) is 8.76. The number of carboxylic acid groups (broad SMARTS) is 1. The van der Waals surface area contributed by atoms with E-state index >= 15 is 0 Å². The number of carboxylic acids is 1. The van der Waals surface area contributed by atoms with Crippen molar-refractivity contribution in [2.45, 2.75) is 42.4 Å². The van der Waals surface area contributed by atoms with Crippen molar-refractivity contribution in [1.82, 2.24) is 5.32 Å². The maximum Gasteiger partial charge on any atom is 0.326 e. The van der Waals surface area contributed by atoms with Crippen LogP contribution in [0.15, 0.2) is 47.9 Å². The predicted octanol–water partition coefficient (Wildman–Crippen LogP) is 3.09. The fraction of sp³-hybridized carbons (Fsp3) is 0.375. The molecular formula is C16H21NO3S. The van der Waals surface area contributed by atoms with Gasteiger partial charge in [0.05, 0.1) is 5.25 Å². The summed E-state index contributed by atoms with van der Waals surface area (Å²) in [6.07, 6.45) is 3.20. The SMILES string of the molecule is C=CCCC(NC(=O)C(CC)Sc1ccccc1)C(=O)O. The van der Waals surface area contributed by atoms with Gasteiger partial charge in [0.15, 0.2) is 0 Å². The summed E-state index contributed by atoms with van der Waals surface area (Å²) in [4.78, 5) is 24.4. The molecule has 0 saturated carbocycles. The first-order valence-electron chi connectivity index (χ1n) is 6.94. The molecule has 0 aliphatic heterocycles. The second kappa shape index (κ2) is 9.23. The Morgan fingerprint density at radius 3 is 2.57 bits per heavy atom. The van der Waals surface area contributed by atoms with Gasteiger partial charge in [-0.15, -0.1) is 18.3 Å². The minimum Gasteiger partial charge on any atom is -0.480 e. The molecule has 21 heavy (non-hydrogen) atoms. The van der Waals surface area contributed by atoms with Gasteiger partial charge in [0.25, 0.3) is 0 Å². The van der Waals surface area contributed by atoms with Crippen molar-refractivity contribution in [1.29, 1.82) is 0 Å². The van der Waals surface area contributed by atoms with Crippen LogP contribution in [-0.2, 0) is 9.59 Å². The summed E-state index contributed by atoms with van der Waals surface area (Å²) in [6.45, 7) is 5.48. The zero-order valence-electron chi connectivity index (χ0n) is 12.1. The number of carbonyl (C=O) groups excluding carboxylic acids is 1. The first-order valence-corrected chi connectivity index (χ1v) is 7.82. The van der Waals surface area contributed by atoms with Gasteiger partial charge >= 0.3 is 5.97 Å². The second-order valence-electron chi connectivity index (χ2n) is 4.59. The largest absolute Gasteiger partial charge is 0.480 e. The van der Waals surface area contributed by atoms with Gasteiger partial charge in [0.2, 0.25) is 5.91 Å². The fourth-order valence-corrected chi connectivity index (χ4v) is 2.78. The molecule has 1 aromatic rings. The Morgan fingerprint density at radius 1 is 1.38 bits per heavy atom. The third-order valence-corrected chi connectivity index (χ3v) is 4.34. The molecule has 0 radical (unpaired) electrons. The molecule has 2 atom stereocenters. The number of allylic oxidation sites excluding steroid dienone is 1. The second-order valence-corrected chi connectivity index (χ2v) is 5.87. The third-order valence-electron chi connectivity index (χ3n) is 2.96. The number of benzene rings is 1. The van der Waals surface area contributed by atoms with E-state index in [4.69, 9.17) is 5.11 Å². The van der Waals surface area contributed by atoms with E-state index in [0.717, 1.165) is 4.90 Å². The zero-order valence-corrected chi connectivity index (χ0v) is 12.9. The number of amides is 1. The molecule has 1 aromatic carbocycles. The summed E-state index contributed by atoms with van der Waals surface area (Å²) in [5.74, 6) is -1.24. The van der Waals surface area contributed by atoms with E-state index in [2.05, 4.69) is 11.9 Å². The van der Waals surface area contributed by atoms with Gasteiger partial charge in [-0.25, -0.2) is 4.79 Å². The lowest BCUT2D eigenvalue weighted by Gasteiger charge is -2.19. The quantitative estimate of drug-likeness (QED) is 0.543. The minimum atomic E-state index is -1.01. The predicted molar refractivity (Wildman–Crippen MR) is 85.4 cm³/mol. The first-order chi connectivity index (χ1) is 10.1. The molecule has 0 aliphatic carbocycles. The van der Waals surface area contributed by atoms with Crippen molar-refractivity contribution in [3.8, 4) is 0 Å². The van der Waals surface area contributed by atoms with E-state index in [-0.39, 0.29) is 11.2 Å². The maximum atomic E-state index is 12.2. The van der Waals surface area contributed by atoms with Gasteiger partial charge in [-0.1, -0.05) is 31.2 Å². The fourth-order valence-electron chi connectivity index (χ4n) is 1.79. The number of thioether (sulfide) groups is 1. The van der Waals surface area contributed by atoms with Crippen LogP contribution in [0.4, 0.5) is 0 Å². The number of hydrogen-bond acceptors (Lipinski definition) is 3. The molecule has 0 aromatic heterocycles. The van der Waals surface area contributed by atoms with Crippen LogP contribution in [0.25, 0.3) is 0 Å². The van der Waals surface area contributed by atoms with E-state index in [1.807, 2.05) is 37.3 Å². The Bertz CT molecular complexity index is 476. The standard InChI is InChI=1S/C16H21NO3S/c1-3-5-11-13(16(19)20)17-15(18)14(4-2)21-12-9-7-6-8-10-12/h3,6-10,13-14H,1,4-5,11H2,2H3,(H,17,18)(H,19,20). The van der Waals surface area contributed by atoms with E-state index in [1.165, 1.54) is 11.8 Å². The van der Waals surface area contributed by atoms with E-state index in [1.54, 1.807) is 6.08 Å². The maximum absolute atomic E-state index is 12.2. The van der Waals surface area contributed by atoms with Gasteiger partial charge in [0, 0.05) is 4.90 Å². The van der Waals surface area contributed by atoms with Gasteiger partial charge in [0.1, 0.15) is 6.04 Å². The monoisotopic (exact) mass is 307 g/mol. The summed E-state index contributed by atoms with van der Waals surface area (Å²) in [5, 5.41) is 11.5. The summed E-state index contributed by atoms with van der Waals surface area (Å²) in [7, 11) is 0. The molecule has 0 bridgehead atoms. The van der Waals surface area contributed by atoms with Crippen LogP contribution in [0.2, 0.25) is 0 Å². The molecule has 4 nitrogen and oxygen atoms in total. The van der Waals surface area contributed by atoms with Crippen molar-refractivity contribution in [3.63, 3.8) is 0 Å². The van der Waals surface area contributed by atoms with Crippen LogP contribution >= 0.6 is 11.8 Å². The molecule has 2 unspecified atom stereocenters. The Kier molecular flexibility index (Phi) is 7.61. The lowest BCUT2D eigenvalue weighted by Crippen LogP contribution is -2.44. The molecule has 0 saturated heterocycles. The number of hydrogen-bond donors (Lipinski definition) is 2. The Balaban J connectivity index is 2.64. The van der Waals surface area contributed by atoms with Gasteiger partial charge in [-0.05, 0) is 31.4 Å². The van der Waals surface area contributed by atoms with Crippen LogP contribution < -0.4 is 5.32 Å². The van der Waals surface area contributed by atoms with Crippen molar-refractivity contribution >= 4 is 23.6 Å². The Hall–Kier alpha value is -1.75. The molecule has 2 N–H and O–H groups in total. The van der Waals surface area contributed by atoms with Crippen LogP contribution in [0, 0.1) is 0 Å². The summed E-state index contributed by atoms with van der Waals surface area (Å²) in [5.41, 5.74) is 0. The number of nitrogens with one attached hydrogen (secondary N) is 1. The molecule has 114 valence electrons. The van der Waals surface area contributed by atoms with Crippen LogP contribution in [0.1, 0.15) is 26.2 Å². The lowest BCUT2D eigenvalue weighted by atomic mass is 10.1. The topological polar surface area (TPSA) is 66.4 Å². The van der Waals surface area contributed by atoms with E-state index in [9.17, 15) is 9.59 Å². The average molecular weight is 307 g/mol. The molecule has 1 amide bonds. The molecule has 0 fully saturated rings. The molecule has 1 rings (SSSR count). The molecule has 5 heteroatoms. The highest BCUT2D eigenvalue weighted by atomic mass is 32.2. The van der Waals surface area contributed by atoms with Gasteiger partial charge in [-0.3, -0.25) is 4.79 Å². The van der Waals surface area contributed by atoms with Crippen LogP contribution in [0.3, 0.4) is 0 Å². The minimum absolute atomic E-state index is 0.234. The highest BCUT2D eigenvalue weighted by molar-refractivity contribution is 8.00. The summed E-state index contributed by atoms with van der Waals surface area (Å²) < 4.78 is 0. The third kappa shape index (κ3) is 6.04. The van der Waals surface area contributed by atoms with Crippen LogP contribution in [0.5, 0.6) is 0 Å². The number of aliphatic carboxylic acids is 1. The van der Waals surface area contributed by atoms with E-state index < -0.39 is 12.0 Å². The number of carbonyl (C=O) groups is 2. The van der Waals surface area contributed by atoms with Crippen molar-refractivity contribution in [2.75, 3.05) is 0 Å². The van der Waals surface area contributed by atoms with Crippen molar-refractivity contribution in [2.24, 2.45) is 0 Å². The lowest BCUT2D eigenvalue weighted by molar-refractivity contribution is -0.141. The highest BCUT2D eigenvalue weighted by Gasteiger charge is 2.24. The summed E-state index contributed by atoms with van der Waals surface area (Å²) >= 11 is 1.45. The molecule has 0 heterocycles. The molecule has 0 spiro atoms. The zero-order chi connectivity index (χ0) is 15.7. The number of rotatable bonds is 9. The van der Waals surface area contributed by atoms with Crippen molar-refractivity contribution < 1.29 is 14.7 Å². The van der Waals surface area contributed by atoms with Gasteiger partial charge in [-0.2, -0.15) is 0 Å². The highest BCUT2D eigenvalue weighted by Crippen LogP contribution is 2.25. The molecule has 0 aliphatic rings. The van der Waals surface area contributed by atoms with E-state index in [0.29, 0.717) is 19.3 Å².